The summed E-state index contributed by atoms with van der Waals surface area (Å²) in [5.74, 6) is 2.02. The Labute approximate surface area is 114 Å². The smallest absolute Gasteiger partial charge is 0.195 e. The largest absolute Gasteiger partial charge is 0.358 e. The molecule has 0 atom stereocenters. The number of nitrogens with zero attached hydrogens (tertiary/aromatic N) is 3. The molecule has 2 aromatic heterocycles. The third-order valence-electron chi connectivity index (χ3n) is 3.58. The number of imidazole rings is 1. The van der Waals surface area contributed by atoms with Crippen LogP contribution in [0.15, 0.2) is 11.6 Å². The number of fused-ring (bicyclic) bond motifs is 1. The molecule has 92 valence electrons. The van der Waals surface area contributed by atoms with Crippen LogP contribution in [0.1, 0.15) is 25.0 Å². The van der Waals surface area contributed by atoms with Gasteiger partial charge < -0.3 is 4.90 Å². The Balaban J connectivity index is 1.89. The normalized spacial score (nSPS) is 16.4. The van der Waals surface area contributed by atoms with Gasteiger partial charge in [-0.25, -0.2) is 4.98 Å². The molecule has 0 N–H and O–H groups in total. The molecule has 0 amide bonds. The minimum Gasteiger partial charge on any atom is -0.358 e. The highest BCUT2D eigenvalue weighted by Gasteiger charge is 2.22. The summed E-state index contributed by atoms with van der Waals surface area (Å²) in [5, 5.41) is 2.94. The van der Waals surface area contributed by atoms with Crippen LogP contribution in [-0.4, -0.2) is 23.0 Å². The van der Waals surface area contributed by atoms with E-state index < -0.39 is 0 Å². The Morgan fingerprint density at radius 1 is 1.59 bits per heavy atom. The first-order valence-corrected chi connectivity index (χ1v) is 8.01. The highest BCUT2D eigenvalue weighted by Crippen LogP contribution is 2.31. The average Bonchev–Trinajstić information content (AvgIpc) is 2.81. The molecule has 2 aromatic rings. The van der Waals surface area contributed by atoms with E-state index in [1.807, 2.05) is 0 Å². The van der Waals surface area contributed by atoms with Crippen molar-refractivity contribution in [3.63, 3.8) is 0 Å². The number of hydrogen-bond donors (Lipinski definition) is 0. The van der Waals surface area contributed by atoms with Crippen LogP contribution in [0.5, 0.6) is 0 Å². The number of halogens is 1. The summed E-state index contributed by atoms with van der Waals surface area (Å²) in [7, 11) is 2.16. The maximum absolute atomic E-state index is 4.73. The summed E-state index contributed by atoms with van der Waals surface area (Å²) in [4.78, 5) is 8.14. The Kier molecular flexibility index (Phi) is 3.13. The lowest BCUT2D eigenvalue weighted by Gasteiger charge is -2.30. The van der Waals surface area contributed by atoms with Crippen LogP contribution in [0.4, 0.5) is 5.82 Å². The molecule has 2 heterocycles. The summed E-state index contributed by atoms with van der Waals surface area (Å²) >= 11 is 5.27. The highest BCUT2D eigenvalue weighted by atomic mass is 79.9. The third-order valence-corrected chi connectivity index (χ3v) is 4.87. The minimum absolute atomic E-state index is 0.856. The zero-order chi connectivity index (χ0) is 11.8. The first kappa shape index (κ1) is 11.5. The SMILES string of the molecule is CN(CC1CCC1)c1nc2sccn2c1CBr. The van der Waals surface area contributed by atoms with Gasteiger partial charge >= 0.3 is 0 Å². The quantitative estimate of drug-likeness (QED) is 0.805. The van der Waals surface area contributed by atoms with E-state index in [1.54, 1.807) is 11.3 Å². The monoisotopic (exact) mass is 313 g/mol. The van der Waals surface area contributed by atoms with E-state index in [9.17, 15) is 0 Å². The maximum Gasteiger partial charge on any atom is 0.195 e. The molecule has 0 unspecified atom stereocenters. The van der Waals surface area contributed by atoms with Crippen molar-refractivity contribution in [3.05, 3.63) is 17.3 Å². The molecule has 17 heavy (non-hydrogen) atoms. The van der Waals surface area contributed by atoms with Crippen molar-refractivity contribution >= 4 is 38.0 Å². The van der Waals surface area contributed by atoms with Crippen molar-refractivity contribution in [1.82, 2.24) is 9.38 Å². The average molecular weight is 314 g/mol. The van der Waals surface area contributed by atoms with E-state index in [0.717, 1.165) is 28.6 Å². The Hall–Kier alpha value is -0.550. The standard InChI is InChI=1S/C12H16BrN3S/c1-15(8-9-3-2-4-9)11-10(7-13)16-5-6-17-12(16)14-11/h5-6,9H,2-4,7-8H2,1H3. The molecule has 0 saturated heterocycles. The highest BCUT2D eigenvalue weighted by molar-refractivity contribution is 9.08. The number of thiazole rings is 1. The van der Waals surface area contributed by atoms with Gasteiger partial charge in [-0.15, -0.1) is 11.3 Å². The predicted molar refractivity (Wildman–Crippen MR) is 76.3 cm³/mol. The summed E-state index contributed by atoms with van der Waals surface area (Å²) < 4.78 is 2.19. The van der Waals surface area contributed by atoms with Gasteiger partial charge in [0.15, 0.2) is 10.8 Å². The Morgan fingerprint density at radius 3 is 3.06 bits per heavy atom. The predicted octanol–water partition coefficient (Wildman–Crippen LogP) is 3.53. The van der Waals surface area contributed by atoms with E-state index in [-0.39, 0.29) is 0 Å². The molecule has 0 aliphatic heterocycles. The van der Waals surface area contributed by atoms with Gasteiger partial charge in [-0.05, 0) is 18.8 Å². The molecule has 0 aromatic carbocycles. The molecule has 0 bridgehead atoms. The molecule has 1 fully saturated rings. The summed E-state index contributed by atoms with van der Waals surface area (Å²) in [6.07, 6.45) is 6.28. The zero-order valence-corrected chi connectivity index (χ0v) is 12.3. The van der Waals surface area contributed by atoms with Crippen LogP contribution in [0, 0.1) is 5.92 Å². The van der Waals surface area contributed by atoms with Gasteiger partial charge in [-0.1, -0.05) is 22.4 Å². The van der Waals surface area contributed by atoms with Crippen molar-refractivity contribution in [3.8, 4) is 0 Å². The second kappa shape index (κ2) is 4.61. The maximum atomic E-state index is 4.73. The lowest BCUT2D eigenvalue weighted by molar-refractivity contribution is 0.321. The molecular formula is C12H16BrN3S. The third kappa shape index (κ3) is 1.99. The lowest BCUT2D eigenvalue weighted by Crippen LogP contribution is -2.30. The Bertz CT molecular complexity index is 515. The molecule has 0 radical (unpaired) electrons. The number of rotatable bonds is 4. The van der Waals surface area contributed by atoms with Gasteiger partial charge in [0.1, 0.15) is 0 Å². The molecule has 1 saturated carbocycles. The van der Waals surface area contributed by atoms with Crippen molar-refractivity contribution in [2.75, 3.05) is 18.5 Å². The summed E-state index contributed by atoms with van der Waals surface area (Å²) in [6.45, 7) is 1.14. The van der Waals surface area contributed by atoms with Crippen LogP contribution in [0.3, 0.4) is 0 Å². The topological polar surface area (TPSA) is 20.5 Å². The van der Waals surface area contributed by atoms with Crippen LogP contribution in [0.25, 0.3) is 4.96 Å². The van der Waals surface area contributed by atoms with E-state index in [1.165, 1.54) is 25.0 Å². The van der Waals surface area contributed by atoms with E-state index in [4.69, 9.17) is 4.98 Å². The fraction of sp³-hybridized carbons (Fsp3) is 0.583. The van der Waals surface area contributed by atoms with Crippen molar-refractivity contribution in [2.45, 2.75) is 24.6 Å². The van der Waals surface area contributed by atoms with E-state index in [2.05, 4.69) is 43.9 Å². The van der Waals surface area contributed by atoms with E-state index >= 15 is 0 Å². The number of anilines is 1. The number of alkyl halides is 1. The lowest BCUT2D eigenvalue weighted by atomic mass is 9.85. The van der Waals surface area contributed by atoms with Crippen LogP contribution in [-0.2, 0) is 5.33 Å². The van der Waals surface area contributed by atoms with Crippen LogP contribution >= 0.6 is 27.3 Å². The van der Waals surface area contributed by atoms with Gasteiger partial charge in [0, 0.05) is 30.5 Å². The molecule has 1 aliphatic carbocycles. The number of hydrogen-bond acceptors (Lipinski definition) is 3. The minimum atomic E-state index is 0.856. The molecule has 1 aliphatic rings. The van der Waals surface area contributed by atoms with Crippen molar-refractivity contribution in [2.24, 2.45) is 5.92 Å². The van der Waals surface area contributed by atoms with Gasteiger partial charge in [0.25, 0.3) is 0 Å². The Morgan fingerprint density at radius 2 is 2.41 bits per heavy atom. The second-order valence-corrected chi connectivity index (χ2v) is 6.18. The van der Waals surface area contributed by atoms with Crippen molar-refractivity contribution in [1.29, 1.82) is 0 Å². The summed E-state index contributed by atoms with van der Waals surface area (Å²) in [5.41, 5.74) is 1.27. The molecule has 5 heteroatoms. The van der Waals surface area contributed by atoms with Gasteiger partial charge in [0.2, 0.25) is 0 Å². The fourth-order valence-corrected chi connectivity index (χ4v) is 3.65. The van der Waals surface area contributed by atoms with Crippen molar-refractivity contribution < 1.29 is 0 Å². The zero-order valence-electron chi connectivity index (χ0n) is 9.90. The molecule has 3 rings (SSSR count). The van der Waals surface area contributed by atoms with Gasteiger partial charge in [0.05, 0.1) is 5.69 Å². The van der Waals surface area contributed by atoms with E-state index in [0.29, 0.717) is 0 Å². The van der Waals surface area contributed by atoms with Gasteiger partial charge in [-0.2, -0.15) is 0 Å². The first-order valence-electron chi connectivity index (χ1n) is 6.01. The summed E-state index contributed by atoms with van der Waals surface area (Å²) in [6, 6.07) is 0. The first-order chi connectivity index (χ1) is 8.29. The van der Waals surface area contributed by atoms with Crippen LogP contribution in [0.2, 0.25) is 0 Å². The molecule has 3 nitrogen and oxygen atoms in total. The van der Waals surface area contributed by atoms with Gasteiger partial charge in [-0.3, -0.25) is 4.40 Å². The second-order valence-electron chi connectivity index (χ2n) is 4.75. The number of aromatic nitrogens is 2. The molecular weight excluding hydrogens is 298 g/mol. The molecule has 0 spiro atoms. The fourth-order valence-electron chi connectivity index (χ4n) is 2.40. The van der Waals surface area contributed by atoms with Crippen LogP contribution < -0.4 is 4.90 Å².